The van der Waals surface area contributed by atoms with E-state index in [1.54, 1.807) is 0 Å². The Bertz CT molecular complexity index is 664. The quantitative estimate of drug-likeness (QED) is 0.808. The fraction of sp³-hybridized carbons (Fsp3) is 0.526. The molecule has 0 spiro atoms. The minimum atomic E-state index is 0.265. The zero-order valence-electron chi connectivity index (χ0n) is 14.5. The van der Waals surface area contributed by atoms with Crippen LogP contribution >= 0.6 is 0 Å². The van der Waals surface area contributed by atoms with E-state index < -0.39 is 0 Å². The summed E-state index contributed by atoms with van der Waals surface area (Å²) in [4.78, 5) is 0. The van der Waals surface area contributed by atoms with Gasteiger partial charge in [-0.1, -0.05) is 12.1 Å². The van der Waals surface area contributed by atoms with Crippen LogP contribution in [-0.2, 0) is 17.8 Å². The predicted molar refractivity (Wildman–Crippen MR) is 96.8 cm³/mol. The number of hydrogen-bond acceptors (Lipinski definition) is 5. The van der Waals surface area contributed by atoms with E-state index in [1.165, 1.54) is 5.56 Å². The first-order valence-corrected chi connectivity index (χ1v) is 9.16. The van der Waals surface area contributed by atoms with Crippen molar-refractivity contribution >= 4 is 5.82 Å². The van der Waals surface area contributed by atoms with E-state index in [-0.39, 0.29) is 6.10 Å². The molecule has 2 atom stereocenters. The zero-order chi connectivity index (χ0) is 16.9. The number of benzene rings is 1. The molecule has 1 aromatic carbocycles. The monoisotopic (exact) mass is 342 g/mol. The Hall–Kier alpha value is -2.05. The molecule has 6 nitrogen and oxygen atoms in total. The van der Waals surface area contributed by atoms with Crippen molar-refractivity contribution < 1.29 is 9.47 Å². The summed E-state index contributed by atoms with van der Waals surface area (Å²) < 4.78 is 13.4. The van der Waals surface area contributed by atoms with E-state index in [2.05, 4.69) is 27.9 Å². The number of hydrogen-bond donors (Lipinski definition) is 2. The van der Waals surface area contributed by atoms with Gasteiger partial charge >= 0.3 is 0 Å². The Morgan fingerprint density at radius 2 is 2.20 bits per heavy atom. The van der Waals surface area contributed by atoms with Crippen LogP contribution in [0.4, 0.5) is 5.82 Å². The summed E-state index contributed by atoms with van der Waals surface area (Å²) in [5.41, 5.74) is 1.27. The number of fused-ring (bicyclic) bond motifs is 1. The second-order valence-corrected chi connectivity index (χ2v) is 6.87. The molecule has 0 aliphatic carbocycles. The molecule has 0 radical (unpaired) electrons. The summed E-state index contributed by atoms with van der Waals surface area (Å²) >= 11 is 0. The standard InChI is InChI=1S/C19H26N4O2/c1-2-18(24-9-1)14-25-17-5-3-15(4-6-17)10-20-11-16-12-21-19-7-8-22-23(19)13-16/h3-8,16,18,20-21H,1-2,9-14H2. The molecule has 2 aromatic rings. The van der Waals surface area contributed by atoms with Gasteiger partial charge in [0.15, 0.2) is 0 Å². The zero-order valence-corrected chi connectivity index (χ0v) is 14.5. The lowest BCUT2D eigenvalue weighted by Gasteiger charge is -2.25. The molecule has 134 valence electrons. The lowest BCUT2D eigenvalue weighted by molar-refractivity contribution is 0.0679. The summed E-state index contributed by atoms with van der Waals surface area (Å²) in [5.74, 6) is 2.60. The molecule has 1 saturated heterocycles. The topological polar surface area (TPSA) is 60.3 Å². The maximum atomic E-state index is 5.81. The highest BCUT2D eigenvalue weighted by Gasteiger charge is 2.18. The third-order valence-corrected chi connectivity index (χ3v) is 4.86. The van der Waals surface area contributed by atoms with Gasteiger partial charge in [-0.3, -0.25) is 0 Å². The molecule has 0 bridgehead atoms. The summed E-state index contributed by atoms with van der Waals surface area (Å²) in [5, 5.41) is 11.3. The van der Waals surface area contributed by atoms with Gasteiger partial charge < -0.3 is 20.1 Å². The molecule has 3 heterocycles. The predicted octanol–water partition coefficient (Wildman–Crippen LogP) is 2.27. The molecule has 2 aliphatic heterocycles. The van der Waals surface area contributed by atoms with Gasteiger partial charge in [-0.05, 0) is 30.5 Å². The van der Waals surface area contributed by atoms with Crippen molar-refractivity contribution in [2.45, 2.75) is 32.0 Å². The third-order valence-electron chi connectivity index (χ3n) is 4.86. The van der Waals surface area contributed by atoms with Gasteiger partial charge in [-0.25, -0.2) is 4.68 Å². The second-order valence-electron chi connectivity index (χ2n) is 6.87. The number of aromatic nitrogens is 2. The first-order valence-electron chi connectivity index (χ1n) is 9.16. The second kappa shape index (κ2) is 7.89. The Balaban J connectivity index is 1.18. The fourth-order valence-corrected chi connectivity index (χ4v) is 3.41. The minimum Gasteiger partial charge on any atom is -0.491 e. The molecular formula is C19H26N4O2. The van der Waals surface area contributed by atoms with Gasteiger partial charge in [-0.15, -0.1) is 0 Å². The van der Waals surface area contributed by atoms with E-state index in [4.69, 9.17) is 9.47 Å². The van der Waals surface area contributed by atoms with E-state index in [0.29, 0.717) is 12.5 Å². The number of nitrogens with one attached hydrogen (secondary N) is 2. The molecule has 1 aromatic heterocycles. The Labute approximate surface area is 148 Å². The van der Waals surface area contributed by atoms with Crippen molar-refractivity contribution in [2.75, 3.05) is 31.6 Å². The van der Waals surface area contributed by atoms with Crippen molar-refractivity contribution in [1.82, 2.24) is 15.1 Å². The van der Waals surface area contributed by atoms with Crippen LogP contribution in [0.1, 0.15) is 18.4 Å². The maximum absolute atomic E-state index is 5.81. The van der Waals surface area contributed by atoms with Crippen molar-refractivity contribution in [2.24, 2.45) is 5.92 Å². The first kappa shape index (κ1) is 16.4. The van der Waals surface area contributed by atoms with E-state index >= 15 is 0 Å². The molecule has 4 rings (SSSR count). The van der Waals surface area contributed by atoms with Crippen LogP contribution in [0.2, 0.25) is 0 Å². The van der Waals surface area contributed by atoms with Crippen LogP contribution in [0.15, 0.2) is 36.5 Å². The van der Waals surface area contributed by atoms with Gasteiger partial charge in [0, 0.05) is 44.8 Å². The van der Waals surface area contributed by atoms with E-state index in [1.807, 2.05) is 29.1 Å². The number of nitrogens with zero attached hydrogens (tertiary/aromatic N) is 2. The fourth-order valence-electron chi connectivity index (χ4n) is 3.41. The van der Waals surface area contributed by atoms with Gasteiger partial charge in [-0.2, -0.15) is 5.10 Å². The van der Waals surface area contributed by atoms with Crippen molar-refractivity contribution in [3.05, 3.63) is 42.1 Å². The van der Waals surface area contributed by atoms with E-state index in [0.717, 1.165) is 57.2 Å². The summed E-state index contributed by atoms with van der Waals surface area (Å²) in [7, 11) is 0. The third kappa shape index (κ3) is 4.32. The van der Waals surface area contributed by atoms with Gasteiger partial charge in [0.1, 0.15) is 18.2 Å². The van der Waals surface area contributed by atoms with Gasteiger partial charge in [0.25, 0.3) is 0 Å². The molecular weight excluding hydrogens is 316 g/mol. The molecule has 6 heteroatoms. The molecule has 0 saturated carbocycles. The first-order chi connectivity index (χ1) is 12.4. The minimum absolute atomic E-state index is 0.265. The molecule has 2 unspecified atom stereocenters. The molecule has 25 heavy (non-hydrogen) atoms. The van der Waals surface area contributed by atoms with Gasteiger partial charge in [0.2, 0.25) is 0 Å². The van der Waals surface area contributed by atoms with Crippen LogP contribution in [0.5, 0.6) is 5.75 Å². The lowest BCUT2D eigenvalue weighted by Crippen LogP contribution is -2.35. The summed E-state index contributed by atoms with van der Waals surface area (Å²) in [6, 6.07) is 10.4. The van der Waals surface area contributed by atoms with Crippen LogP contribution in [0.3, 0.4) is 0 Å². The number of anilines is 1. The smallest absolute Gasteiger partial charge is 0.124 e. The van der Waals surface area contributed by atoms with E-state index in [9.17, 15) is 0 Å². The van der Waals surface area contributed by atoms with Crippen molar-refractivity contribution in [3.63, 3.8) is 0 Å². The van der Waals surface area contributed by atoms with Gasteiger partial charge in [0.05, 0.1) is 12.3 Å². The largest absolute Gasteiger partial charge is 0.491 e. The normalized spacial score (nSPS) is 22.4. The SMILES string of the molecule is c1cc2n(n1)CC(CNCc1ccc(OCC3CCCO3)cc1)CN2. The van der Waals surface area contributed by atoms with Crippen LogP contribution in [0.25, 0.3) is 0 Å². The molecule has 1 fully saturated rings. The Kier molecular flexibility index (Phi) is 5.18. The number of rotatable bonds is 7. The highest BCUT2D eigenvalue weighted by Crippen LogP contribution is 2.17. The Morgan fingerprint density at radius 1 is 1.28 bits per heavy atom. The lowest BCUT2D eigenvalue weighted by atomic mass is 10.1. The average Bonchev–Trinajstić information content (AvgIpc) is 3.32. The highest BCUT2D eigenvalue weighted by atomic mass is 16.5. The van der Waals surface area contributed by atoms with Crippen molar-refractivity contribution in [1.29, 1.82) is 0 Å². The maximum Gasteiger partial charge on any atom is 0.124 e. The molecule has 2 N–H and O–H groups in total. The number of ether oxygens (including phenoxy) is 2. The summed E-state index contributed by atoms with van der Waals surface area (Å²) in [6.45, 7) is 5.34. The van der Waals surface area contributed by atoms with Crippen LogP contribution in [-0.4, -0.2) is 42.2 Å². The van der Waals surface area contributed by atoms with Crippen LogP contribution < -0.4 is 15.4 Å². The highest BCUT2D eigenvalue weighted by molar-refractivity contribution is 5.35. The molecule has 2 aliphatic rings. The summed E-state index contributed by atoms with van der Waals surface area (Å²) in [6.07, 6.45) is 4.37. The molecule has 0 amide bonds. The van der Waals surface area contributed by atoms with Crippen molar-refractivity contribution in [3.8, 4) is 5.75 Å². The Morgan fingerprint density at radius 3 is 3.04 bits per heavy atom. The average molecular weight is 342 g/mol. The van der Waals surface area contributed by atoms with Crippen LogP contribution in [0, 0.1) is 5.92 Å².